The first-order valence-electron chi connectivity index (χ1n) is 12.0. The van der Waals surface area contributed by atoms with Crippen molar-refractivity contribution in [3.8, 4) is 0 Å². The second-order valence-corrected chi connectivity index (χ2v) is 9.53. The summed E-state index contributed by atoms with van der Waals surface area (Å²) in [5.74, 6) is 1.41. The van der Waals surface area contributed by atoms with E-state index in [0.717, 1.165) is 69.9 Å². The molecule has 0 amide bonds. The molecule has 2 aromatic rings. The minimum absolute atomic E-state index is 0.238. The van der Waals surface area contributed by atoms with Gasteiger partial charge in [0.05, 0.1) is 18.0 Å². The maximum atomic E-state index is 5.86. The van der Waals surface area contributed by atoms with Gasteiger partial charge in [0, 0.05) is 44.3 Å². The average Bonchev–Trinajstić information content (AvgIpc) is 3.55. The predicted octanol–water partition coefficient (Wildman–Crippen LogP) is 3.96. The number of rotatable bonds is 7. The third-order valence-corrected chi connectivity index (χ3v) is 7.13. The molecule has 7 heteroatoms. The Bertz CT molecular complexity index is 1040. The summed E-state index contributed by atoms with van der Waals surface area (Å²) in [6, 6.07) is 11.0. The molecule has 1 saturated heterocycles. The van der Waals surface area contributed by atoms with E-state index in [0.29, 0.717) is 11.0 Å². The van der Waals surface area contributed by atoms with Crippen LogP contribution in [0.5, 0.6) is 0 Å². The van der Waals surface area contributed by atoms with Gasteiger partial charge < -0.3 is 15.4 Å². The summed E-state index contributed by atoms with van der Waals surface area (Å²) < 4.78 is 7.38. The van der Waals surface area contributed by atoms with Gasteiger partial charge in [0.2, 0.25) is 0 Å². The Labute approximate surface area is 201 Å². The summed E-state index contributed by atoms with van der Waals surface area (Å²) in [5, 5.41) is 12.8. The van der Waals surface area contributed by atoms with E-state index in [1.165, 1.54) is 16.8 Å². The van der Waals surface area contributed by atoms with E-state index >= 15 is 0 Å². The summed E-state index contributed by atoms with van der Waals surface area (Å²) in [4.78, 5) is 2.46. The van der Waals surface area contributed by atoms with E-state index in [2.05, 4.69) is 68.8 Å². The van der Waals surface area contributed by atoms with Crippen molar-refractivity contribution in [2.75, 3.05) is 38.7 Å². The molecule has 0 radical (unpaired) electrons. The molecule has 1 aromatic carbocycles. The number of nitrogens with one attached hydrogen (secondary N) is 2. The number of hydrogen-bond acceptors (Lipinski definition) is 4. The fraction of sp³-hybridized carbons (Fsp3) is 0.462. The maximum Gasteiger partial charge on any atom is 0.172 e. The number of fused-ring (bicyclic) bond motifs is 1. The number of likely N-dealkylation sites (tertiary alicyclic amines) is 1. The van der Waals surface area contributed by atoms with Crippen molar-refractivity contribution >= 4 is 28.8 Å². The molecule has 1 aliphatic heterocycles. The van der Waals surface area contributed by atoms with E-state index in [1.54, 1.807) is 7.11 Å². The van der Waals surface area contributed by atoms with E-state index in [4.69, 9.17) is 22.1 Å². The smallest absolute Gasteiger partial charge is 0.172 e. The van der Waals surface area contributed by atoms with Crippen molar-refractivity contribution in [3.05, 3.63) is 65.4 Å². The zero-order valence-electron chi connectivity index (χ0n) is 19.3. The molecular formula is C26H33N5OS. The van der Waals surface area contributed by atoms with Crippen molar-refractivity contribution < 1.29 is 4.74 Å². The monoisotopic (exact) mass is 463 g/mol. The Balaban J connectivity index is 1.34. The summed E-state index contributed by atoms with van der Waals surface area (Å²) >= 11 is 5.86. The SMILES string of the molecule is COCCN1CC(c2ccccc2)[C@H](NC(=S)Nc2c3c(nn2C2=CCCC=C2)CCC3)C1. The summed E-state index contributed by atoms with van der Waals surface area (Å²) in [7, 11) is 1.76. The highest BCUT2D eigenvalue weighted by Crippen LogP contribution is 2.32. The van der Waals surface area contributed by atoms with Gasteiger partial charge in [0.15, 0.2) is 5.11 Å². The van der Waals surface area contributed by atoms with E-state index in [9.17, 15) is 0 Å². The summed E-state index contributed by atoms with van der Waals surface area (Å²) in [6.07, 6.45) is 12.1. The van der Waals surface area contributed by atoms with Crippen molar-refractivity contribution in [3.63, 3.8) is 0 Å². The van der Waals surface area contributed by atoms with Crippen LogP contribution in [0.1, 0.15) is 42.0 Å². The third kappa shape index (κ3) is 4.90. The molecule has 2 aliphatic carbocycles. The maximum absolute atomic E-state index is 5.86. The molecule has 2 atom stereocenters. The second-order valence-electron chi connectivity index (χ2n) is 9.12. The Morgan fingerprint density at radius 3 is 2.85 bits per heavy atom. The lowest BCUT2D eigenvalue weighted by Crippen LogP contribution is -2.42. The molecule has 1 aromatic heterocycles. The van der Waals surface area contributed by atoms with Crippen molar-refractivity contribution in [2.45, 2.75) is 44.1 Å². The van der Waals surface area contributed by atoms with Gasteiger partial charge in [-0.05, 0) is 56.0 Å². The molecular weight excluding hydrogens is 430 g/mol. The standard InChI is InChI=1S/C26H33N5OS/c1-32-16-15-30-17-22(19-9-4-2-5-10-19)24(18-30)27-26(33)28-25-21-13-8-14-23(21)29-31(25)20-11-6-3-7-12-20/h2,4-6,9-12,22,24H,3,7-8,13-18H2,1H3,(H2,27,28,33)/t22?,24-/m1/s1. The Morgan fingerprint density at radius 2 is 2.06 bits per heavy atom. The molecule has 2 N–H and O–H groups in total. The van der Waals surface area contributed by atoms with Gasteiger partial charge in [-0.2, -0.15) is 5.10 Å². The second kappa shape index (κ2) is 10.2. The van der Waals surface area contributed by atoms with Gasteiger partial charge in [-0.1, -0.05) is 42.5 Å². The molecule has 2 heterocycles. The van der Waals surface area contributed by atoms with E-state index in [1.807, 2.05) is 0 Å². The molecule has 0 spiro atoms. The lowest BCUT2D eigenvalue weighted by molar-refractivity contribution is 0.159. The number of nitrogens with zero attached hydrogens (tertiary/aromatic N) is 3. The van der Waals surface area contributed by atoms with Gasteiger partial charge in [0.25, 0.3) is 0 Å². The van der Waals surface area contributed by atoms with Crippen molar-refractivity contribution in [1.82, 2.24) is 20.0 Å². The Kier molecular flexibility index (Phi) is 6.90. The highest BCUT2D eigenvalue weighted by molar-refractivity contribution is 7.80. The summed E-state index contributed by atoms with van der Waals surface area (Å²) in [5.41, 5.74) is 5.00. The molecule has 5 rings (SSSR count). The van der Waals surface area contributed by atoms with Crippen LogP contribution in [-0.4, -0.2) is 59.2 Å². The number of benzene rings is 1. The Morgan fingerprint density at radius 1 is 1.18 bits per heavy atom. The first-order chi connectivity index (χ1) is 16.2. The van der Waals surface area contributed by atoms with Crippen LogP contribution in [0.4, 0.5) is 5.82 Å². The van der Waals surface area contributed by atoms with E-state index < -0.39 is 0 Å². The molecule has 3 aliphatic rings. The number of methoxy groups -OCH3 is 1. The van der Waals surface area contributed by atoms with Gasteiger partial charge in [-0.25, -0.2) is 4.68 Å². The number of thiocarbonyl (C=S) groups is 1. The number of anilines is 1. The van der Waals surface area contributed by atoms with Crippen LogP contribution in [-0.2, 0) is 17.6 Å². The largest absolute Gasteiger partial charge is 0.383 e. The zero-order chi connectivity index (χ0) is 22.6. The number of aromatic nitrogens is 2. The highest BCUT2D eigenvalue weighted by Gasteiger charge is 2.34. The molecule has 174 valence electrons. The van der Waals surface area contributed by atoms with Crippen LogP contribution in [0.2, 0.25) is 0 Å². The van der Waals surface area contributed by atoms with Crippen LogP contribution < -0.4 is 10.6 Å². The quantitative estimate of drug-likeness (QED) is 0.606. The fourth-order valence-electron chi connectivity index (χ4n) is 5.25. The number of hydrogen-bond donors (Lipinski definition) is 2. The zero-order valence-corrected chi connectivity index (χ0v) is 20.1. The van der Waals surface area contributed by atoms with Crippen LogP contribution in [0, 0.1) is 0 Å². The number of allylic oxidation sites excluding steroid dienone is 4. The van der Waals surface area contributed by atoms with Crippen LogP contribution in [0.25, 0.3) is 5.70 Å². The minimum Gasteiger partial charge on any atom is -0.383 e. The lowest BCUT2D eigenvalue weighted by atomic mass is 9.94. The molecule has 1 fully saturated rings. The van der Waals surface area contributed by atoms with E-state index in [-0.39, 0.29) is 6.04 Å². The molecule has 6 nitrogen and oxygen atoms in total. The first kappa shape index (κ1) is 22.3. The molecule has 33 heavy (non-hydrogen) atoms. The average molecular weight is 464 g/mol. The van der Waals surface area contributed by atoms with Crippen LogP contribution >= 0.6 is 12.2 Å². The number of aryl methyl sites for hydroxylation is 1. The minimum atomic E-state index is 0.238. The summed E-state index contributed by atoms with van der Waals surface area (Å²) in [6.45, 7) is 3.61. The predicted molar refractivity (Wildman–Crippen MR) is 138 cm³/mol. The van der Waals surface area contributed by atoms with Crippen LogP contribution in [0.3, 0.4) is 0 Å². The normalized spacial score (nSPS) is 22.3. The third-order valence-electron chi connectivity index (χ3n) is 6.91. The topological polar surface area (TPSA) is 54.4 Å². The Hall–Kier alpha value is -2.48. The number of ether oxygens (including phenoxy) is 1. The van der Waals surface area contributed by atoms with Crippen molar-refractivity contribution in [2.24, 2.45) is 0 Å². The highest BCUT2D eigenvalue weighted by atomic mass is 32.1. The van der Waals surface area contributed by atoms with Gasteiger partial charge in [-0.3, -0.25) is 4.90 Å². The molecule has 1 unspecified atom stereocenters. The first-order valence-corrected chi connectivity index (χ1v) is 12.5. The molecule has 0 saturated carbocycles. The van der Waals surface area contributed by atoms with Crippen LogP contribution in [0.15, 0.2) is 48.6 Å². The van der Waals surface area contributed by atoms with Gasteiger partial charge in [0.1, 0.15) is 5.82 Å². The lowest BCUT2D eigenvalue weighted by Gasteiger charge is -2.23. The van der Waals surface area contributed by atoms with Gasteiger partial charge in [-0.15, -0.1) is 0 Å². The fourth-order valence-corrected chi connectivity index (χ4v) is 5.50. The van der Waals surface area contributed by atoms with Crippen molar-refractivity contribution in [1.29, 1.82) is 0 Å². The molecule has 0 bridgehead atoms. The van der Waals surface area contributed by atoms with Gasteiger partial charge >= 0.3 is 0 Å².